The Morgan fingerprint density at radius 3 is 2.75 bits per heavy atom. The first-order valence-electron chi connectivity index (χ1n) is 7.91. The maximum absolute atomic E-state index is 6.11. The smallest absolute Gasteiger partial charge is 0.162 e. The van der Waals surface area contributed by atoms with Gasteiger partial charge in [0.2, 0.25) is 0 Å². The van der Waals surface area contributed by atoms with Crippen LogP contribution in [0.25, 0.3) is 0 Å². The molecule has 0 aromatic carbocycles. The molecule has 0 amide bonds. The van der Waals surface area contributed by atoms with Crippen molar-refractivity contribution >= 4 is 5.82 Å². The molecule has 2 rings (SSSR count). The molecule has 0 bridgehead atoms. The van der Waals surface area contributed by atoms with Crippen molar-refractivity contribution in [2.24, 2.45) is 5.92 Å². The summed E-state index contributed by atoms with van der Waals surface area (Å²) in [4.78, 5) is 9.21. The Kier molecular flexibility index (Phi) is 5.35. The molecule has 0 unspecified atom stereocenters. The lowest BCUT2D eigenvalue weighted by atomic mass is 9.79. The van der Waals surface area contributed by atoms with Crippen LogP contribution < -0.4 is 5.32 Å². The van der Waals surface area contributed by atoms with E-state index in [4.69, 9.17) is 9.72 Å². The first kappa shape index (κ1) is 15.2. The Morgan fingerprint density at radius 2 is 2.10 bits per heavy atom. The van der Waals surface area contributed by atoms with Crippen LogP contribution >= 0.6 is 0 Å². The zero-order chi connectivity index (χ0) is 14.4. The second-order valence-electron chi connectivity index (χ2n) is 5.80. The maximum atomic E-state index is 6.11. The van der Waals surface area contributed by atoms with Crippen molar-refractivity contribution in [3.05, 3.63) is 18.1 Å². The van der Waals surface area contributed by atoms with Crippen LogP contribution in [-0.4, -0.2) is 23.1 Å². The maximum Gasteiger partial charge on any atom is 0.162 e. The van der Waals surface area contributed by atoms with Crippen LogP contribution in [0.15, 0.2) is 12.3 Å². The third-order valence-corrected chi connectivity index (χ3v) is 4.12. The number of ether oxygens (including phenoxy) is 1. The van der Waals surface area contributed by atoms with Gasteiger partial charge in [-0.1, -0.05) is 13.8 Å². The van der Waals surface area contributed by atoms with Crippen LogP contribution in [0.1, 0.15) is 58.7 Å². The molecule has 1 fully saturated rings. The summed E-state index contributed by atoms with van der Waals surface area (Å²) in [6.45, 7) is 8.17. The van der Waals surface area contributed by atoms with Gasteiger partial charge in [0.1, 0.15) is 11.4 Å². The number of aromatic nitrogens is 2. The first-order chi connectivity index (χ1) is 9.70. The summed E-state index contributed by atoms with van der Waals surface area (Å²) in [5.74, 6) is 2.55. The van der Waals surface area contributed by atoms with Crippen LogP contribution in [0.3, 0.4) is 0 Å². The molecule has 4 nitrogen and oxygen atoms in total. The van der Waals surface area contributed by atoms with Crippen molar-refractivity contribution in [2.75, 3.05) is 18.5 Å². The van der Waals surface area contributed by atoms with Crippen molar-refractivity contribution < 1.29 is 4.74 Å². The predicted octanol–water partition coefficient (Wildman–Crippen LogP) is 3.74. The van der Waals surface area contributed by atoms with Gasteiger partial charge in [0, 0.05) is 19.3 Å². The number of rotatable bonds is 6. The Hall–Kier alpha value is -1.16. The zero-order valence-corrected chi connectivity index (χ0v) is 13.0. The van der Waals surface area contributed by atoms with Gasteiger partial charge in [0.15, 0.2) is 5.82 Å². The van der Waals surface area contributed by atoms with Gasteiger partial charge in [0.25, 0.3) is 0 Å². The second kappa shape index (κ2) is 7.02. The number of anilines is 1. The van der Waals surface area contributed by atoms with E-state index in [2.05, 4.69) is 31.1 Å². The van der Waals surface area contributed by atoms with E-state index in [0.29, 0.717) is 6.61 Å². The highest BCUT2D eigenvalue weighted by atomic mass is 16.5. The SMILES string of the molecule is CCCNc1ccnc(C2(OCC)CCC(C)CC2)n1. The number of hydrogen-bond donors (Lipinski definition) is 1. The minimum Gasteiger partial charge on any atom is -0.370 e. The van der Waals surface area contributed by atoms with Crippen LogP contribution in [0.4, 0.5) is 5.82 Å². The molecule has 20 heavy (non-hydrogen) atoms. The molecule has 112 valence electrons. The fourth-order valence-corrected chi connectivity index (χ4v) is 2.87. The fraction of sp³-hybridized carbons (Fsp3) is 0.750. The largest absolute Gasteiger partial charge is 0.370 e. The molecule has 0 spiro atoms. The average molecular weight is 277 g/mol. The lowest BCUT2D eigenvalue weighted by Gasteiger charge is -2.37. The molecular formula is C16H27N3O. The fourth-order valence-electron chi connectivity index (χ4n) is 2.87. The summed E-state index contributed by atoms with van der Waals surface area (Å²) in [7, 11) is 0. The van der Waals surface area contributed by atoms with Crippen molar-refractivity contribution in [1.29, 1.82) is 0 Å². The second-order valence-corrected chi connectivity index (χ2v) is 5.80. The number of nitrogens with zero attached hydrogens (tertiary/aromatic N) is 2. The quantitative estimate of drug-likeness (QED) is 0.860. The molecule has 1 saturated carbocycles. The van der Waals surface area contributed by atoms with E-state index in [1.54, 1.807) is 0 Å². The van der Waals surface area contributed by atoms with E-state index in [1.807, 2.05) is 12.3 Å². The molecule has 1 heterocycles. The Labute approximate surface area is 122 Å². The van der Waals surface area contributed by atoms with Gasteiger partial charge in [-0.05, 0) is 51.0 Å². The van der Waals surface area contributed by atoms with Gasteiger partial charge in [-0.2, -0.15) is 0 Å². The Balaban J connectivity index is 2.20. The highest BCUT2D eigenvalue weighted by molar-refractivity contribution is 5.33. The van der Waals surface area contributed by atoms with Crippen molar-refractivity contribution in [3.63, 3.8) is 0 Å². The van der Waals surface area contributed by atoms with Gasteiger partial charge < -0.3 is 10.1 Å². The standard InChI is InChI=1S/C16H27N3O/c1-4-11-17-14-8-12-18-15(19-14)16(20-5-2)9-6-13(3)7-10-16/h8,12-13H,4-7,9-11H2,1-3H3,(H,17,18,19). The lowest BCUT2D eigenvalue weighted by molar-refractivity contribution is -0.0836. The summed E-state index contributed by atoms with van der Waals surface area (Å²) in [6.07, 6.45) is 7.37. The van der Waals surface area contributed by atoms with Crippen molar-refractivity contribution in [1.82, 2.24) is 9.97 Å². The predicted molar refractivity (Wildman–Crippen MR) is 81.7 cm³/mol. The molecule has 1 aliphatic rings. The molecule has 0 radical (unpaired) electrons. The summed E-state index contributed by atoms with van der Waals surface area (Å²) in [5, 5.41) is 3.34. The highest BCUT2D eigenvalue weighted by Crippen LogP contribution is 2.41. The van der Waals surface area contributed by atoms with E-state index in [1.165, 1.54) is 12.8 Å². The van der Waals surface area contributed by atoms with E-state index in [9.17, 15) is 0 Å². The van der Waals surface area contributed by atoms with Gasteiger partial charge in [-0.25, -0.2) is 9.97 Å². The average Bonchev–Trinajstić information content (AvgIpc) is 2.48. The Morgan fingerprint density at radius 1 is 1.35 bits per heavy atom. The molecule has 0 saturated heterocycles. The van der Waals surface area contributed by atoms with Gasteiger partial charge in [-0.3, -0.25) is 0 Å². The third-order valence-electron chi connectivity index (χ3n) is 4.12. The number of hydrogen-bond acceptors (Lipinski definition) is 4. The molecule has 1 aromatic rings. The third kappa shape index (κ3) is 3.48. The monoisotopic (exact) mass is 277 g/mol. The zero-order valence-electron chi connectivity index (χ0n) is 13.0. The minimum absolute atomic E-state index is 0.273. The van der Waals surface area contributed by atoms with Gasteiger partial charge in [0.05, 0.1) is 0 Å². The van der Waals surface area contributed by atoms with Crippen LogP contribution in [0.5, 0.6) is 0 Å². The van der Waals surface area contributed by atoms with Crippen LogP contribution in [-0.2, 0) is 10.3 Å². The molecule has 4 heteroatoms. The summed E-state index contributed by atoms with van der Waals surface area (Å²) in [6, 6.07) is 1.93. The van der Waals surface area contributed by atoms with Crippen molar-refractivity contribution in [3.8, 4) is 0 Å². The molecule has 0 aliphatic heterocycles. The van der Waals surface area contributed by atoms with Crippen LogP contribution in [0, 0.1) is 5.92 Å². The topological polar surface area (TPSA) is 47.0 Å². The minimum atomic E-state index is -0.273. The molecule has 1 N–H and O–H groups in total. The normalized spacial score (nSPS) is 26.4. The summed E-state index contributed by atoms with van der Waals surface area (Å²) in [5.41, 5.74) is -0.273. The van der Waals surface area contributed by atoms with E-state index < -0.39 is 0 Å². The number of nitrogens with one attached hydrogen (secondary N) is 1. The summed E-state index contributed by atoms with van der Waals surface area (Å²) < 4.78 is 6.11. The summed E-state index contributed by atoms with van der Waals surface area (Å²) >= 11 is 0. The van der Waals surface area contributed by atoms with Crippen molar-refractivity contribution in [2.45, 2.75) is 58.5 Å². The molecular weight excluding hydrogens is 250 g/mol. The molecule has 1 aromatic heterocycles. The molecule has 0 atom stereocenters. The van der Waals surface area contributed by atoms with Gasteiger partial charge in [-0.15, -0.1) is 0 Å². The Bertz CT molecular complexity index is 414. The molecule has 1 aliphatic carbocycles. The lowest BCUT2D eigenvalue weighted by Crippen LogP contribution is -2.36. The highest BCUT2D eigenvalue weighted by Gasteiger charge is 2.39. The van der Waals surface area contributed by atoms with E-state index in [0.717, 1.165) is 43.4 Å². The van der Waals surface area contributed by atoms with Crippen LogP contribution in [0.2, 0.25) is 0 Å². The van der Waals surface area contributed by atoms with Gasteiger partial charge >= 0.3 is 0 Å². The van der Waals surface area contributed by atoms with E-state index in [-0.39, 0.29) is 5.60 Å². The first-order valence-corrected chi connectivity index (χ1v) is 7.91. The van der Waals surface area contributed by atoms with E-state index >= 15 is 0 Å².